The Morgan fingerprint density at radius 2 is 1.72 bits per heavy atom. The van der Waals surface area contributed by atoms with Crippen LogP contribution in [0.5, 0.6) is 11.6 Å². The van der Waals surface area contributed by atoms with Crippen LogP contribution in [0.25, 0.3) is 10.8 Å². The minimum Gasteiger partial charge on any atom is -0.492 e. The lowest BCUT2D eigenvalue weighted by atomic mass is 9.91. The Hall–Kier alpha value is -4.61. The van der Waals surface area contributed by atoms with Crippen LogP contribution in [-0.2, 0) is 29.1 Å². The Balaban J connectivity index is 0.00000113. The third kappa shape index (κ3) is 11.5. The SMILES string of the molecule is CC.CC(C)(OC(N)=O)C(F)(F)F.CCOc1cnc(O[C@@H]2C[C@H]3C(=O)N[C@]4(C(=O)NS(=O)(=O)C5(CC)CC5)C[C@H]4/C=C\CC[C@H](C)C[C@@H](C)CC(=O)N3C2)c2ccccc12.[HH].[HH].[HH]. The quantitative estimate of drug-likeness (QED) is 0.209. The Bertz CT molecular complexity index is 2060. The van der Waals surface area contributed by atoms with Crippen molar-refractivity contribution in [3.8, 4) is 11.6 Å². The fourth-order valence-electron chi connectivity index (χ4n) is 7.88. The molecule has 2 aliphatic heterocycles. The van der Waals surface area contributed by atoms with Crippen LogP contribution in [0, 0.1) is 17.8 Å². The summed E-state index contributed by atoms with van der Waals surface area (Å²) >= 11 is 0. The maximum atomic E-state index is 14.2. The molecular weight excluding hydrogens is 820 g/mol. The largest absolute Gasteiger partial charge is 0.492 e. The lowest BCUT2D eigenvalue weighted by Gasteiger charge is -2.28. The van der Waals surface area contributed by atoms with Gasteiger partial charge in [0.1, 0.15) is 23.4 Å². The zero-order valence-electron chi connectivity index (χ0n) is 36.4. The second-order valence-electron chi connectivity index (χ2n) is 16.8. The molecule has 4 aliphatic rings. The molecule has 14 nitrogen and oxygen atoms in total. The van der Waals surface area contributed by atoms with Crippen LogP contribution in [0.4, 0.5) is 18.0 Å². The molecule has 2 aromatic rings. The van der Waals surface area contributed by atoms with Gasteiger partial charge >= 0.3 is 12.3 Å². The fraction of sp³-hybridized carbons (Fsp3) is 0.651. The van der Waals surface area contributed by atoms with Crippen LogP contribution < -0.4 is 25.2 Å². The molecule has 2 aliphatic carbocycles. The van der Waals surface area contributed by atoms with Gasteiger partial charge in [0.25, 0.3) is 5.91 Å². The van der Waals surface area contributed by atoms with Gasteiger partial charge in [-0.15, -0.1) is 0 Å². The molecule has 61 heavy (non-hydrogen) atoms. The Morgan fingerprint density at radius 1 is 1.07 bits per heavy atom. The summed E-state index contributed by atoms with van der Waals surface area (Å²) in [5, 5.41) is 4.56. The summed E-state index contributed by atoms with van der Waals surface area (Å²) in [6.45, 7) is 14.1. The molecule has 4 N–H and O–H groups in total. The number of hydrogen-bond acceptors (Lipinski definition) is 10. The van der Waals surface area contributed by atoms with E-state index in [2.05, 4.69) is 39.3 Å². The van der Waals surface area contributed by atoms with Crippen molar-refractivity contribution in [1.29, 1.82) is 0 Å². The second kappa shape index (κ2) is 19.6. The molecule has 1 aromatic heterocycles. The molecule has 0 unspecified atom stereocenters. The van der Waals surface area contributed by atoms with Gasteiger partial charge in [0.15, 0.2) is 0 Å². The van der Waals surface area contributed by atoms with Crippen LogP contribution in [0.2, 0.25) is 0 Å². The van der Waals surface area contributed by atoms with Crippen LogP contribution in [0.15, 0.2) is 42.6 Å². The van der Waals surface area contributed by atoms with Crippen LogP contribution >= 0.6 is 0 Å². The summed E-state index contributed by atoms with van der Waals surface area (Å²) in [4.78, 5) is 57.9. The number of rotatable bonds is 9. The van der Waals surface area contributed by atoms with E-state index in [4.69, 9.17) is 9.47 Å². The van der Waals surface area contributed by atoms with Gasteiger partial charge in [0.2, 0.25) is 33.3 Å². The minimum atomic E-state index is -4.60. The summed E-state index contributed by atoms with van der Waals surface area (Å²) < 4.78 is 79.5. The molecule has 4 amide bonds. The topological polar surface area (TPSA) is 196 Å². The number of hydrogen-bond donors (Lipinski definition) is 3. The third-order valence-electron chi connectivity index (χ3n) is 11.8. The Morgan fingerprint density at radius 3 is 2.30 bits per heavy atom. The lowest BCUT2D eigenvalue weighted by Crippen LogP contribution is -2.57. The molecule has 3 fully saturated rings. The number of alkyl halides is 3. The maximum absolute atomic E-state index is 14.2. The summed E-state index contributed by atoms with van der Waals surface area (Å²) in [5.41, 5.74) is 0.486. The average Bonchev–Trinajstić information content (AvgIpc) is 4.09. The molecule has 6 atom stereocenters. The fourth-order valence-corrected chi connectivity index (χ4v) is 9.54. The molecular formula is C43H68F3N5O9S. The predicted molar refractivity (Wildman–Crippen MR) is 230 cm³/mol. The number of pyridine rings is 1. The van der Waals surface area contributed by atoms with Gasteiger partial charge in [-0.3, -0.25) is 19.1 Å². The predicted octanol–water partition coefficient (Wildman–Crippen LogP) is 7.83. The molecule has 3 heterocycles. The van der Waals surface area contributed by atoms with Crippen LogP contribution in [0.1, 0.15) is 117 Å². The van der Waals surface area contributed by atoms with Crippen molar-refractivity contribution < 1.29 is 59.3 Å². The molecule has 1 aromatic carbocycles. The van der Waals surface area contributed by atoms with Gasteiger partial charge in [0, 0.05) is 33.8 Å². The number of primary amides is 1. The highest BCUT2D eigenvalue weighted by atomic mass is 32.2. The zero-order chi connectivity index (χ0) is 45.6. The smallest absolute Gasteiger partial charge is 0.427 e. The van der Waals surface area contributed by atoms with Crippen molar-refractivity contribution in [2.45, 2.75) is 147 Å². The van der Waals surface area contributed by atoms with E-state index in [1.54, 1.807) is 18.0 Å². The number of halogens is 3. The van der Waals surface area contributed by atoms with Crippen molar-refractivity contribution in [1.82, 2.24) is 19.9 Å². The van der Waals surface area contributed by atoms with E-state index in [0.717, 1.165) is 43.9 Å². The van der Waals surface area contributed by atoms with E-state index in [1.165, 1.54) is 0 Å². The van der Waals surface area contributed by atoms with Gasteiger partial charge in [0.05, 0.1) is 24.1 Å². The minimum absolute atomic E-state index is 0. The number of fused-ring (bicyclic) bond motifs is 3. The van der Waals surface area contributed by atoms with E-state index in [9.17, 15) is 40.8 Å². The first-order valence-corrected chi connectivity index (χ1v) is 22.6. The monoisotopic (exact) mass is 887 g/mol. The summed E-state index contributed by atoms with van der Waals surface area (Å²) in [5.74, 6) is -0.188. The highest BCUT2D eigenvalue weighted by Gasteiger charge is 2.63. The third-order valence-corrected chi connectivity index (χ3v) is 14.1. The van der Waals surface area contributed by atoms with E-state index >= 15 is 0 Å². The average molecular weight is 888 g/mol. The van der Waals surface area contributed by atoms with E-state index in [-0.39, 0.29) is 47.8 Å². The van der Waals surface area contributed by atoms with E-state index in [1.807, 2.05) is 57.2 Å². The number of benzene rings is 1. The van der Waals surface area contributed by atoms with Crippen molar-refractivity contribution in [2.24, 2.45) is 23.5 Å². The van der Waals surface area contributed by atoms with Crippen molar-refractivity contribution in [3.63, 3.8) is 0 Å². The number of carbonyl (C=O) groups excluding carboxylic acids is 4. The van der Waals surface area contributed by atoms with Gasteiger partial charge in [-0.2, -0.15) is 13.2 Å². The molecule has 18 heteroatoms. The maximum Gasteiger partial charge on any atom is 0.427 e. The van der Waals surface area contributed by atoms with E-state index in [0.29, 0.717) is 43.4 Å². The highest BCUT2D eigenvalue weighted by molar-refractivity contribution is 7.91. The number of nitrogens with two attached hydrogens (primary N) is 1. The van der Waals surface area contributed by atoms with Gasteiger partial charge in [-0.25, -0.2) is 18.2 Å². The van der Waals surface area contributed by atoms with Gasteiger partial charge < -0.3 is 30.2 Å². The second-order valence-corrected chi connectivity index (χ2v) is 18.8. The number of carbonyl (C=O) groups is 4. The number of aromatic nitrogens is 1. The number of sulfonamides is 1. The first-order chi connectivity index (χ1) is 28.6. The normalized spacial score (nSPS) is 26.8. The molecule has 0 bridgehead atoms. The molecule has 1 saturated heterocycles. The number of ether oxygens (including phenoxy) is 3. The number of amides is 4. The lowest BCUT2D eigenvalue weighted by molar-refractivity contribution is -0.243. The zero-order valence-corrected chi connectivity index (χ0v) is 37.2. The standard InChI is InChI=1S/C36H48N4O7S.C5H8F3NO2.C2H6.3H2/c1-5-35(15-16-35)48(44,45)39-34(43)36-20-25(36)12-8-7-11-23(3)17-24(4)18-31(41)40-22-26(19-29(40)32(42)38-36)47-33-28-14-10-9-13-27(28)30(21-37-33)46-6-2;1-4(2,5(6,7)8)11-3(9)10;1-2;;;/h8-10,12-14,21,23-26,29H,5-7,11,15-20,22H2,1-4H3,(H,38,42)(H,39,43);1-2H3,(H2,9,10);1-2H3;3*1H/b12-8-;;;;;/t23-,24+,25+,26+,29-,36+;;;;;/m0...../s1. The summed E-state index contributed by atoms with van der Waals surface area (Å²) in [6.07, 6.45) is 3.79. The Kier molecular flexibility index (Phi) is 15.8. The van der Waals surface area contributed by atoms with Crippen LogP contribution in [-0.4, -0.2) is 89.5 Å². The molecule has 0 radical (unpaired) electrons. The van der Waals surface area contributed by atoms with Crippen molar-refractivity contribution in [3.05, 3.63) is 42.6 Å². The molecule has 2 saturated carbocycles. The summed E-state index contributed by atoms with van der Waals surface area (Å²) in [7, 11) is -3.93. The highest BCUT2D eigenvalue weighted by Crippen LogP contribution is 2.49. The molecule has 6 rings (SSSR count). The van der Waals surface area contributed by atoms with E-state index < -0.39 is 62.1 Å². The number of nitrogens with zero attached hydrogens (tertiary/aromatic N) is 2. The van der Waals surface area contributed by atoms with Crippen LogP contribution in [0.3, 0.4) is 0 Å². The first kappa shape index (κ1) is 49.0. The van der Waals surface area contributed by atoms with Gasteiger partial charge in [-0.1, -0.05) is 65.0 Å². The molecule has 0 spiro atoms. The Labute approximate surface area is 361 Å². The van der Waals surface area contributed by atoms with Gasteiger partial charge in [-0.05, 0) is 83.6 Å². The number of allylic oxidation sites excluding steroid dienone is 1. The van der Waals surface area contributed by atoms with Crippen molar-refractivity contribution >= 4 is 44.6 Å². The number of nitrogens with one attached hydrogen (secondary N) is 2. The van der Waals surface area contributed by atoms with Crippen molar-refractivity contribution in [2.75, 3.05) is 13.2 Å². The summed E-state index contributed by atoms with van der Waals surface area (Å²) in [6, 6.07) is 6.74. The molecule has 346 valence electrons. The first-order valence-electron chi connectivity index (χ1n) is 21.2.